The molecule has 1 aliphatic carbocycles. The molecule has 10 heteroatoms. The second-order valence-corrected chi connectivity index (χ2v) is 7.20. The molecular formula is C17H21ClF3N5O. The van der Waals surface area contributed by atoms with E-state index in [9.17, 15) is 18.0 Å². The first-order valence-electron chi connectivity index (χ1n) is 8.73. The molecule has 1 aliphatic rings. The van der Waals surface area contributed by atoms with Crippen LogP contribution in [0.15, 0.2) is 0 Å². The van der Waals surface area contributed by atoms with Crippen LogP contribution in [0.3, 0.4) is 0 Å². The average Bonchev–Trinajstić information content (AvgIpc) is 3.28. The lowest BCUT2D eigenvalue weighted by Crippen LogP contribution is -2.26. The van der Waals surface area contributed by atoms with Crippen LogP contribution in [0.25, 0.3) is 0 Å². The van der Waals surface area contributed by atoms with Crippen LogP contribution in [0.5, 0.6) is 0 Å². The minimum atomic E-state index is -4.57. The van der Waals surface area contributed by atoms with E-state index in [1.54, 1.807) is 25.6 Å². The Morgan fingerprint density at radius 3 is 2.48 bits per heavy atom. The van der Waals surface area contributed by atoms with Gasteiger partial charge in [0.15, 0.2) is 5.69 Å². The number of halogens is 4. The molecule has 1 fully saturated rings. The fourth-order valence-electron chi connectivity index (χ4n) is 3.17. The molecular weight excluding hydrogens is 383 g/mol. The van der Waals surface area contributed by atoms with Crippen molar-refractivity contribution in [1.29, 1.82) is 0 Å². The summed E-state index contributed by atoms with van der Waals surface area (Å²) >= 11 is 5.95. The predicted molar refractivity (Wildman–Crippen MR) is 93.8 cm³/mol. The number of aryl methyl sites for hydroxylation is 3. The highest BCUT2D eigenvalue weighted by Gasteiger charge is 2.41. The summed E-state index contributed by atoms with van der Waals surface area (Å²) in [6.07, 6.45) is -2.49. The predicted octanol–water partition coefficient (Wildman–Crippen LogP) is 3.60. The third kappa shape index (κ3) is 3.97. The minimum Gasteiger partial charge on any atom is -0.352 e. The van der Waals surface area contributed by atoms with Crippen molar-refractivity contribution in [3.63, 3.8) is 0 Å². The van der Waals surface area contributed by atoms with Gasteiger partial charge in [0.2, 0.25) is 0 Å². The molecule has 0 radical (unpaired) electrons. The summed E-state index contributed by atoms with van der Waals surface area (Å²) in [7, 11) is 1.76. The molecule has 148 valence electrons. The van der Waals surface area contributed by atoms with Crippen molar-refractivity contribution >= 4 is 17.5 Å². The second-order valence-electron chi connectivity index (χ2n) is 6.82. The molecule has 0 aliphatic heterocycles. The summed E-state index contributed by atoms with van der Waals surface area (Å²) < 4.78 is 42.2. The van der Waals surface area contributed by atoms with Crippen LogP contribution in [0.2, 0.25) is 5.02 Å². The number of aromatic nitrogens is 4. The maximum absolute atomic E-state index is 13.1. The van der Waals surface area contributed by atoms with Crippen molar-refractivity contribution in [1.82, 2.24) is 24.9 Å². The Morgan fingerprint density at radius 2 is 1.96 bits per heavy atom. The first-order valence-corrected chi connectivity index (χ1v) is 9.10. The third-order valence-electron chi connectivity index (χ3n) is 4.73. The summed E-state index contributed by atoms with van der Waals surface area (Å²) in [5.74, 6) is -0.202. The number of hydrogen-bond acceptors (Lipinski definition) is 3. The zero-order valence-corrected chi connectivity index (χ0v) is 16.1. The maximum Gasteiger partial charge on any atom is 0.436 e. The lowest BCUT2D eigenvalue weighted by molar-refractivity contribution is -0.141. The van der Waals surface area contributed by atoms with Crippen molar-refractivity contribution in [3.05, 3.63) is 33.4 Å². The summed E-state index contributed by atoms with van der Waals surface area (Å²) in [5.41, 5.74) is 1.34. The van der Waals surface area contributed by atoms with Gasteiger partial charge in [-0.2, -0.15) is 23.4 Å². The van der Waals surface area contributed by atoms with Crippen molar-refractivity contribution in [2.75, 3.05) is 6.54 Å². The standard InChI is InChI=1S/C17H21ClF3N5O/c1-9-12(10(2)25(3)23-9)16(27)22-7-4-8-26-14(11-5-6-11)13(18)15(24-26)17(19,20)21/h11H,4-8H2,1-3H3,(H,22,27). The number of nitrogens with one attached hydrogen (secondary N) is 1. The van der Waals surface area contributed by atoms with Crippen LogP contribution in [-0.2, 0) is 19.8 Å². The molecule has 1 amide bonds. The van der Waals surface area contributed by atoms with E-state index in [1.807, 2.05) is 0 Å². The van der Waals surface area contributed by atoms with Gasteiger partial charge in [-0.25, -0.2) is 0 Å². The van der Waals surface area contributed by atoms with E-state index in [2.05, 4.69) is 15.5 Å². The molecule has 0 aromatic carbocycles. The molecule has 3 rings (SSSR count). The first-order chi connectivity index (χ1) is 12.6. The van der Waals surface area contributed by atoms with Crippen LogP contribution in [-0.4, -0.2) is 32.0 Å². The van der Waals surface area contributed by atoms with Crippen LogP contribution in [0.4, 0.5) is 13.2 Å². The van der Waals surface area contributed by atoms with Gasteiger partial charge in [-0.15, -0.1) is 0 Å². The fourth-order valence-corrected chi connectivity index (χ4v) is 3.57. The van der Waals surface area contributed by atoms with E-state index in [-0.39, 0.29) is 23.4 Å². The molecule has 1 N–H and O–H groups in total. The molecule has 2 heterocycles. The van der Waals surface area contributed by atoms with Gasteiger partial charge in [-0.3, -0.25) is 14.2 Å². The summed E-state index contributed by atoms with van der Waals surface area (Å²) in [6.45, 7) is 4.14. The lowest BCUT2D eigenvalue weighted by Gasteiger charge is -2.08. The average molecular weight is 404 g/mol. The number of carbonyl (C=O) groups excluding carboxylic acids is 1. The molecule has 2 aromatic heterocycles. The minimum absolute atomic E-state index is 0.0383. The molecule has 2 aromatic rings. The van der Waals surface area contributed by atoms with E-state index in [0.717, 1.165) is 18.5 Å². The van der Waals surface area contributed by atoms with Gasteiger partial charge in [0.1, 0.15) is 0 Å². The van der Waals surface area contributed by atoms with Crippen molar-refractivity contribution < 1.29 is 18.0 Å². The smallest absolute Gasteiger partial charge is 0.352 e. The normalized spacial score (nSPS) is 14.6. The zero-order valence-electron chi connectivity index (χ0n) is 15.3. The molecule has 0 saturated heterocycles. The van der Waals surface area contributed by atoms with Crippen LogP contribution < -0.4 is 5.32 Å². The number of amides is 1. The third-order valence-corrected chi connectivity index (χ3v) is 5.11. The second kappa shape index (κ2) is 7.18. The Hall–Kier alpha value is -2.03. The van der Waals surface area contributed by atoms with Gasteiger partial charge in [0, 0.05) is 31.7 Å². The summed E-state index contributed by atoms with van der Waals surface area (Å²) in [6, 6.07) is 0. The Labute approximate surface area is 159 Å². The summed E-state index contributed by atoms with van der Waals surface area (Å²) in [4.78, 5) is 12.3. The van der Waals surface area contributed by atoms with Crippen molar-refractivity contribution in [2.45, 2.75) is 51.7 Å². The number of nitrogens with zero attached hydrogens (tertiary/aromatic N) is 4. The Balaban J connectivity index is 1.63. The zero-order chi connectivity index (χ0) is 19.9. The van der Waals surface area contributed by atoms with Gasteiger partial charge in [-0.05, 0) is 33.1 Å². The molecule has 0 atom stereocenters. The van der Waals surface area contributed by atoms with Crippen molar-refractivity contribution in [3.8, 4) is 0 Å². The molecule has 0 unspecified atom stereocenters. The molecule has 0 bridgehead atoms. The van der Waals surface area contributed by atoms with Gasteiger partial charge in [-0.1, -0.05) is 11.6 Å². The van der Waals surface area contributed by atoms with Gasteiger partial charge in [0.05, 0.1) is 22.0 Å². The number of carbonyl (C=O) groups is 1. The van der Waals surface area contributed by atoms with Crippen LogP contribution >= 0.6 is 11.6 Å². The van der Waals surface area contributed by atoms with Gasteiger partial charge >= 0.3 is 6.18 Å². The van der Waals surface area contributed by atoms with Crippen LogP contribution in [0.1, 0.15) is 58.3 Å². The van der Waals surface area contributed by atoms with Crippen LogP contribution in [0, 0.1) is 13.8 Å². The van der Waals surface area contributed by atoms with E-state index in [1.165, 1.54) is 4.68 Å². The highest BCUT2D eigenvalue weighted by Crippen LogP contribution is 2.46. The lowest BCUT2D eigenvalue weighted by atomic mass is 10.2. The highest BCUT2D eigenvalue weighted by atomic mass is 35.5. The Bertz CT molecular complexity index is 867. The van der Waals surface area contributed by atoms with E-state index >= 15 is 0 Å². The molecule has 6 nitrogen and oxygen atoms in total. The van der Waals surface area contributed by atoms with Gasteiger partial charge in [0.25, 0.3) is 5.91 Å². The van der Waals surface area contributed by atoms with E-state index < -0.39 is 11.9 Å². The fraction of sp³-hybridized carbons (Fsp3) is 0.588. The quantitative estimate of drug-likeness (QED) is 0.749. The first kappa shape index (κ1) is 19.7. The SMILES string of the molecule is Cc1nn(C)c(C)c1C(=O)NCCCn1nc(C(F)(F)F)c(Cl)c1C1CC1. The molecule has 27 heavy (non-hydrogen) atoms. The number of hydrogen-bond donors (Lipinski definition) is 1. The Morgan fingerprint density at radius 1 is 1.30 bits per heavy atom. The Kier molecular flexibility index (Phi) is 5.24. The monoisotopic (exact) mass is 403 g/mol. The largest absolute Gasteiger partial charge is 0.436 e. The molecule has 0 spiro atoms. The number of rotatable bonds is 6. The topological polar surface area (TPSA) is 64.7 Å². The maximum atomic E-state index is 13.1. The number of alkyl halides is 3. The molecule has 1 saturated carbocycles. The van der Waals surface area contributed by atoms with Crippen molar-refractivity contribution in [2.24, 2.45) is 7.05 Å². The van der Waals surface area contributed by atoms with E-state index in [0.29, 0.717) is 29.9 Å². The summed E-state index contributed by atoms with van der Waals surface area (Å²) in [5, 5.41) is 10.4. The van der Waals surface area contributed by atoms with Gasteiger partial charge < -0.3 is 5.32 Å². The highest BCUT2D eigenvalue weighted by molar-refractivity contribution is 6.32. The van der Waals surface area contributed by atoms with E-state index in [4.69, 9.17) is 11.6 Å².